The van der Waals surface area contributed by atoms with Crippen LogP contribution in [0.4, 0.5) is 0 Å². The zero-order valence-corrected chi connectivity index (χ0v) is 45.3. The van der Waals surface area contributed by atoms with E-state index in [0.29, 0.717) is 6.42 Å². The summed E-state index contributed by atoms with van der Waals surface area (Å²) in [5, 5.41) is 120. The highest BCUT2D eigenvalue weighted by Gasteiger charge is 2.53. The minimum atomic E-state index is -1.98. The van der Waals surface area contributed by atoms with Crippen LogP contribution in [0, 0.1) is 0 Å². The van der Waals surface area contributed by atoms with Crippen LogP contribution in [0.5, 0.6) is 0 Å². The highest BCUT2D eigenvalue weighted by Crippen LogP contribution is 2.33. The van der Waals surface area contributed by atoms with Gasteiger partial charge in [-0.2, -0.15) is 0 Å². The van der Waals surface area contributed by atoms with Crippen LogP contribution < -0.4 is 5.32 Å². The van der Waals surface area contributed by atoms with Crippen molar-refractivity contribution >= 4 is 5.91 Å². The first-order valence-electron chi connectivity index (χ1n) is 28.7. The first-order chi connectivity index (χ1) is 36.3. The van der Waals surface area contributed by atoms with E-state index in [1.807, 2.05) is 6.08 Å². The molecule has 3 aliphatic rings. The van der Waals surface area contributed by atoms with Gasteiger partial charge in [0, 0.05) is 6.42 Å². The molecular weight excluding hydrogens is 975 g/mol. The summed E-state index contributed by atoms with van der Waals surface area (Å²) >= 11 is 0. The zero-order chi connectivity index (χ0) is 54.8. The Bertz CT molecular complexity index is 1520. The normalized spacial score (nSPS) is 31.5. The molecule has 3 aliphatic heterocycles. The molecule has 19 heteroatoms. The topological polar surface area (TPSA) is 307 Å². The molecule has 19 nitrogen and oxygen atoms in total. The number of aliphatic hydroxyl groups excluding tert-OH is 11. The molecule has 3 saturated heterocycles. The molecule has 0 aromatic carbocycles. The molecule has 3 rings (SSSR count). The summed E-state index contributed by atoms with van der Waals surface area (Å²) in [6.07, 6.45) is 14.1. The van der Waals surface area contributed by atoms with Crippen LogP contribution in [0.1, 0.15) is 181 Å². The molecular formula is C56H101NO18. The summed E-state index contributed by atoms with van der Waals surface area (Å²) in [5.41, 5.74) is 0. The summed E-state index contributed by atoms with van der Waals surface area (Å²) in [6.45, 7) is 1.66. The van der Waals surface area contributed by atoms with Crippen molar-refractivity contribution in [3.63, 3.8) is 0 Å². The molecule has 0 aliphatic carbocycles. The number of nitrogens with one attached hydrogen (secondary N) is 1. The number of carbonyl (C=O) groups excluding carboxylic acids is 1. The average Bonchev–Trinajstić information content (AvgIpc) is 3.41. The van der Waals surface area contributed by atoms with Gasteiger partial charge in [-0.15, -0.1) is 0 Å². The van der Waals surface area contributed by atoms with Crippen molar-refractivity contribution in [2.75, 3.05) is 26.4 Å². The van der Waals surface area contributed by atoms with Gasteiger partial charge in [0.1, 0.15) is 73.2 Å². The van der Waals surface area contributed by atoms with Crippen molar-refractivity contribution < 1.29 is 89.4 Å². The van der Waals surface area contributed by atoms with Crippen LogP contribution in [0.15, 0.2) is 36.5 Å². The summed E-state index contributed by atoms with van der Waals surface area (Å²) in [5.74, 6) is -0.286. The van der Waals surface area contributed by atoms with Crippen LogP contribution in [0.25, 0.3) is 0 Å². The van der Waals surface area contributed by atoms with E-state index >= 15 is 0 Å². The smallest absolute Gasteiger partial charge is 0.220 e. The molecule has 1 amide bonds. The number of hydrogen-bond donors (Lipinski definition) is 12. The summed E-state index contributed by atoms with van der Waals surface area (Å²) in [4.78, 5) is 13.3. The molecule has 0 spiro atoms. The Balaban J connectivity index is 1.53. The number of hydrogen-bond acceptors (Lipinski definition) is 18. The van der Waals surface area contributed by atoms with Gasteiger partial charge < -0.3 is 89.9 Å². The molecule has 75 heavy (non-hydrogen) atoms. The van der Waals surface area contributed by atoms with E-state index in [2.05, 4.69) is 43.5 Å². The fourth-order valence-electron chi connectivity index (χ4n) is 9.63. The summed E-state index contributed by atoms with van der Waals surface area (Å²) in [7, 11) is 0. The SMILES string of the molecule is CCCCC/C=C\C/C=C\CCCCCCCCCC(=O)NC(COC1OC(CO)C(OC2OC(CO)C(OC3OC(CO)C(O)C(O)C3O)C(O)C2O)C(O)C1O)C(O)/C=C/CCCCCCCCCCCCC. The van der Waals surface area contributed by atoms with Crippen LogP contribution in [-0.4, -0.2) is 193 Å². The highest BCUT2D eigenvalue weighted by atomic mass is 16.8. The van der Waals surface area contributed by atoms with Gasteiger partial charge in [0.2, 0.25) is 5.91 Å². The van der Waals surface area contributed by atoms with Crippen LogP contribution in [0.3, 0.4) is 0 Å². The molecule has 0 aromatic rings. The molecule has 3 heterocycles. The van der Waals surface area contributed by atoms with Crippen LogP contribution >= 0.6 is 0 Å². The predicted molar refractivity (Wildman–Crippen MR) is 282 cm³/mol. The van der Waals surface area contributed by atoms with Gasteiger partial charge in [-0.25, -0.2) is 0 Å². The Hall–Kier alpha value is -1.99. The third kappa shape index (κ3) is 24.9. The first kappa shape index (κ1) is 67.3. The lowest BCUT2D eigenvalue weighted by Crippen LogP contribution is -2.66. The lowest BCUT2D eigenvalue weighted by Gasteiger charge is -2.48. The number of carbonyl (C=O) groups is 1. The number of aliphatic hydroxyl groups is 11. The first-order valence-corrected chi connectivity index (χ1v) is 28.7. The van der Waals surface area contributed by atoms with Crippen molar-refractivity contribution in [3.05, 3.63) is 36.5 Å². The average molecular weight is 1080 g/mol. The maximum Gasteiger partial charge on any atom is 0.220 e. The lowest BCUT2D eigenvalue weighted by molar-refractivity contribution is -0.379. The van der Waals surface area contributed by atoms with Gasteiger partial charge in [0.15, 0.2) is 18.9 Å². The molecule has 0 aromatic heterocycles. The second-order valence-corrected chi connectivity index (χ2v) is 20.8. The molecule has 17 unspecified atom stereocenters. The van der Waals surface area contributed by atoms with E-state index in [-0.39, 0.29) is 18.9 Å². The lowest BCUT2D eigenvalue weighted by atomic mass is 9.96. The summed E-state index contributed by atoms with van der Waals surface area (Å²) < 4.78 is 34.2. The maximum atomic E-state index is 13.3. The van der Waals surface area contributed by atoms with E-state index in [9.17, 15) is 61.0 Å². The fraction of sp³-hybridized carbons (Fsp3) is 0.875. The monoisotopic (exact) mass is 1080 g/mol. The van der Waals surface area contributed by atoms with Gasteiger partial charge in [0.25, 0.3) is 0 Å². The maximum absolute atomic E-state index is 13.3. The van der Waals surface area contributed by atoms with Crippen molar-refractivity contribution in [1.29, 1.82) is 0 Å². The fourth-order valence-corrected chi connectivity index (χ4v) is 9.63. The summed E-state index contributed by atoms with van der Waals surface area (Å²) in [6, 6.07) is -0.975. The largest absolute Gasteiger partial charge is 0.394 e. The van der Waals surface area contributed by atoms with Gasteiger partial charge in [-0.3, -0.25) is 4.79 Å². The van der Waals surface area contributed by atoms with Crippen molar-refractivity contribution in [1.82, 2.24) is 5.32 Å². The predicted octanol–water partition coefficient (Wildman–Crippen LogP) is 4.15. The molecule has 0 saturated carbocycles. The molecule has 438 valence electrons. The van der Waals surface area contributed by atoms with E-state index in [0.717, 1.165) is 83.5 Å². The van der Waals surface area contributed by atoms with Gasteiger partial charge in [-0.1, -0.05) is 159 Å². The van der Waals surface area contributed by atoms with E-state index in [1.54, 1.807) is 6.08 Å². The van der Waals surface area contributed by atoms with Crippen molar-refractivity contribution in [2.45, 2.75) is 285 Å². The van der Waals surface area contributed by atoms with Gasteiger partial charge in [-0.05, 0) is 51.4 Å². The Labute approximate surface area is 447 Å². The van der Waals surface area contributed by atoms with Gasteiger partial charge in [0.05, 0.1) is 38.6 Å². The van der Waals surface area contributed by atoms with Crippen LogP contribution in [0.2, 0.25) is 0 Å². The Morgan fingerprint density at radius 1 is 0.480 bits per heavy atom. The third-order valence-electron chi connectivity index (χ3n) is 14.4. The Morgan fingerprint density at radius 2 is 0.880 bits per heavy atom. The van der Waals surface area contributed by atoms with Crippen LogP contribution in [-0.2, 0) is 33.2 Å². The number of ether oxygens (including phenoxy) is 6. The molecule has 0 bridgehead atoms. The highest BCUT2D eigenvalue weighted by molar-refractivity contribution is 5.76. The number of rotatable bonds is 41. The molecule has 0 radical (unpaired) electrons. The van der Waals surface area contributed by atoms with E-state index in [1.165, 1.54) is 70.6 Å². The van der Waals surface area contributed by atoms with E-state index in [4.69, 9.17) is 28.4 Å². The minimum Gasteiger partial charge on any atom is -0.394 e. The molecule has 17 atom stereocenters. The number of amides is 1. The molecule has 12 N–H and O–H groups in total. The van der Waals surface area contributed by atoms with Gasteiger partial charge >= 0.3 is 0 Å². The Morgan fingerprint density at radius 3 is 1.39 bits per heavy atom. The Kier molecular flexibility index (Phi) is 36.1. The number of allylic oxidation sites excluding steroid dienone is 5. The van der Waals surface area contributed by atoms with E-state index < -0.39 is 124 Å². The second kappa shape index (κ2) is 40.2. The minimum absolute atomic E-state index is 0.234. The zero-order valence-electron chi connectivity index (χ0n) is 45.3. The number of unbranched alkanes of at least 4 members (excludes halogenated alkanes) is 21. The second-order valence-electron chi connectivity index (χ2n) is 20.8. The quantitative estimate of drug-likeness (QED) is 0.0302. The van der Waals surface area contributed by atoms with Crippen molar-refractivity contribution in [2.24, 2.45) is 0 Å². The molecule has 3 fully saturated rings. The van der Waals surface area contributed by atoms with Crippen molar-refractivity contribution in [3.8, 4) is 0 Å². The standard InChI is InChI=1S/C56H101NO18/c1-3-5-7-9-11-13-15-17-18-19-20-22-24-26-28-30-32-34-44(62)57-39(40(61)33-31-29-27-25-23-21-16-14-12-10-8-6-4-2)38-70-54-50(68)47(65)52(42(36-59)72-54)75-56-51(69)48(66)53(43(37-60)73-56)74-55-49(67)46(64)45(63)41(35-58)71-55/h11,13,17-18,31,33,39-43,45-56,58-61,63-69H,3-10,12,14-16,19-30,32,34-38H2,1-2H3,(H,57,62)/b13-11-,18-17-,33-31+. The third-order valence-corrected chi connectivity index (χ3v) is 14.4.